The summed E-state index contributed by atoms with van der Waals surface area (Å²) in [6, 6.07) is 18.7. The molecule has 0 unspecified atom stereocenters. The second-order valence-corrected chi connectivity index (χ2v) is 7.44. The summed E-state index contributed by atoms with van der Waals surface area (Å²) in [6.07, 6.45) is 3.48. The molecule has 0 saturated carbocycles. The fourth-order valence-electron chi connectivity index (χ4n) is 2.96. The maximum atomic E-state index is 12.6. The van der Waals surface area contributed by atoms with Gasteiger partial charge in [0.2, 0.25) is 0 Å². The van der Waals surface area contributed by atoms with Gasteiger partial charge in [-0.3, -0.25) is 4.79 Å². The fourth-order valence-corrected chi connectivity index (χ4v) is 3.69. The number of amides is 1. The number of para-hydroxylation sites is 1. The van der Waals surface area contributed by atoms with Crippen LogP contribution < -0.4 is 14.9 Å². The average molecular weight is 433 g/mol. The number of carbonyl (C=O) groups excluding carboxylic acids is 1. The van der Waals surface area contributed by atoms with Crippen LogP contribution in [0.5, 0.6) is 11.5 Å². The summed E-state index contributed by atoms with van der Waals surface area (Å²) in [4.78, 5) is 13.6. The number of rotatable bonds is 7. The van der Waals surface area contributed by atoms with Crippen LogP contribution in [0.1, 0.15) is 15.9 Å². The van der Waals surface area contributed by atoms with Gasteiger partial charge >= 0.3 is 0 Å². The van der Waals surface area contributed by atoms with Gasteiger partial charge in [-0.15, -0.1) is 11.3 Å². The highest BCUT2D eigenvalue weighted by Gasteiger charge is 2.13. The lowest BCUT2D eigenvalue weighted by Gasteiger charge is -2.07. The van der Waals surface area contributed by atoms with E-state index in [2.05, 4.69) is 10.5 Å². The standard InChI is InChI=1S/C23H20N4O3S/c1-29-19-11-16(12-20(13-19)30-2)23(28)25-24-14-17-15-27(18-7-4-3-5-8-18)26-22(17)21-9-6-10-31-21/h3-15H,1-2H3,(H,25,28)/b24-14-. The first-order valence-corrected chi connectivity index (χ1v) is 10.3. The highest BCUT2D eigenvalue weighted by atomic mass is 32.1. The van der Waals surface area contributed by atoms with Crippen LogP contribution in [0.3, 0.4) is 0 Å². The van der Waals surface area contributed by atoms with Crippen LogP contribution in [-0.2, 0) is 0 Å². The van der Waals surface area contributed by atoms with Gasteiger partial charge in [-0.25, -0.2) is 10.1 Å². The van der Waals surface area contributed by atoms with Gasteiger partial charge < -0.3 is 9.47 Å². The van der Waals surface area contributed by atoms with Crippen molar-refractivity contribution in [3.05, 3.63) is 83.4 Å². The van der Waals surface area contributed by atoms with Gasteiger partial charge in [-0.2, -0.15) is 10.2 Å². The Balaban J connectivity index is 1.59. The molecule has 0 radical (unpaired) electrons. The van der Waals surface area contributed by atoms with Gasteiger partial charge in [0.15, 0.2) is 0 Å². The minimum Gasteiger partial charge on any atom is -0.497 e. The minimum absolute atomic E-state index is 0.374. The van der Waals surface area contributed by atoms with E-state index < -0.39 is 0 Å². The van der Waals surface area contributed by atoms with E-state index in [1.807, 2.05) is 54.0 Å². The second kappa shape index (κ2) is 9.27. The summed E-state index contributed by atoms with van der Waals surface area (Å²) in [5, 5.41) is 10.9. The molecule has 0 bridgehead atoms. The predicted octanol–water partition coefficient (Wildman–Crippen LogP) is 4.38. The van der Waals surface area contributed by atoms with Crippen molar-refractivity contribution in [2.24, 2.45) is 5.10 Å². The third kappa shape index (κ3) is 4.65. The van der Waals surface area contributed by atoms with Crippen LogP contribution in [0.15, 0.2) is 77.3 Å². The lowest BCUT2D eigenvalue weighted by molar-refractivity contribution is 0.0954. The summed E-state index contributed by atoms with van der Waals surface area (Å²) in [5.41, 5.74) is 5.45. The highest BCUT2D eigenvalue weighted by molar-refractivity contribution is 7.13. The fraction of sp³-hybridized carbons (Fsp3) is 0.0870. The van der Waals surface area contributed by atoms with E-state index in [1.165, 1.54) is 14.2 Å². The van der Waals surface area contributed by atoms with Crippen LogP contribution in [0.25, 0.3) is 16.3 Å². The number of nitrogens with one attached hydrogen (secondary N) is 1. The maximum absolute atomic E-state index is 12.6. The van der Waals surface area contributed by atoms with Crippen molar-refractivity contribution in [3.63, 3.8) is 0 Å². The number of benzene rings is 2. The molecule has 2 aromatic carbocycles. The van der Waals surface area contributed by atoms with E-state index in [4.69, 9.17) is 14.6 Å². The minimum atomic E-state index is -0.374. The molecule has 4 rings (SSSR count). The molecule has 156 valence electrons. The molecule has 2 heterocycles. The van der Waals surface area contributed by atoms with Gasteiger partial charge in [-0.05, 0) is 35.7 Å². The number of hydrogen-bond donors (Lipinski definition) is 1. The quantitative estimate of drug-likeness (QED) is 0.347. The Morgan fingerprint density at radius 2 is 1.81 bits per heavy atom. The molecule has 1 N–H and O–H groups in total. The number of thiophene rings is 1. The topological polar surface area (TPSA) is 77.7 Å². The number of carbonyl (C=O) groups is 1. The molecular formula is C23H20N4O3S. The van der Waals surface area contributed by atoms with Crippen LogP contribution in [0, 0.1) is 0 Å². The van der Waals surface area contributed by atoms with Crippen molar-refractivity contribution in [1.29, 1.82) is 0 Å². The van der Waals surface area contributed by atoms with Gasteiger partial charge in [-0.1, -0.05) is 24.3 Å². The van der Waals surface area contributed by atoms with Crippen LogP contribution >= 0.6 is 11.3 Å². The highest BCUT2D eigenvalue weighted by Crippen LogP contribution is 2.27. The van der Waals surface area contributed by atoms with E-state index in [0.717, 1.165) is 21.8 Å². The number of ether oxygens (including phenoxy) is 2. The Labute approximate surface area is 183 Å². The number of nitrogens with zero attached hydrogens (tertiary/aromatic N) is 3. The zero-order chi connectivity index (χ0) is 21.6. The SMILES string of the molecule is COc1cc(OC)cc(C(=O)N/N=C\c2cn(-c3ccccc3)nc2-c2cccs2)c1. The number of methoxy groups -OCH3 is 2. The molecule has 1 amide bonds. The van der Waals surface area contributed by atoms with Gasteiger partial charge in [0, 0.05) is 23.4 Å². The van der Waals surface area contributed by atoms with E-state index >= 15 is 0 Å². The molecule has 0 saturated heterocycles. The molecule has 0 aliphatic carbocycles. The molecule has 0 spiro atoms. The summed E-state index contributed by atoms with van der Waals surface area (Å²) < 4.78 is 12.2. The van der Waals surface area contributed by atoms with Crippen molar-refractivity contribution in [1.82, 2.24) is 15.2 Å². The average Bonchev–Trinajstić information content (AvgIpc) is 3.49. The molecule has 31 heavy (non-hydrogen) atoms. The molecule has 0 fully saturated rings. The summed E-state index contributed by atoms with van der Waals surface area (Å²) in [6.45, 7) is 0. The largest absolute Gasteiger partial charge is 0.497 e. The molecule has 2 aromatic heterocycles. The molecule has 7 nitrogen and oxygen atoms in total. The van der Waals surface area contributed by atoms with Crippen molar-refractivity contribution < 1.29 is 14.3 Å². The molecule has 0 atom stereocenters. The number of hydrogen-bond acceptors (Lipinski definition) is 6. The Bertz CT molecular complexity index is 1180. The molecular weight excluding hydrogens is 412 g/mol. The zero-order valence-corrected chi connectivity index (χ0v) is 17.8. The number of hydrazone groups is 1. The monoisotopic (exact) mass is 432 g/mol. The Hall–Kier alpha value is -3.91. The lowest BCUT2D eigenvalue weighted by atomic mass is 10.2. The first-order valence-electron chi connectivity index (χ1n) is 9.43. The molecule has 4 aromatic rings. The molecule has 8 heteroatoms. The third-order valence-corrected chi connectivity index (χ3v) is 5.38. The van der Waals surface area contributed by atoms with E-state index in [9.17, 15) is 4.79 Å². The van der Waals surface area contributed by atoms with Crippen molar-refractivity contribution in [2.45, 2.75) is 0 Å². The first-order chi connectivity index (χ1) is 15.2. The smallest absolute Gasteiger partial charge is 0.271 e. The number of aromatic nitrogens is 2. The van der Waals surface area contributed by atoms with E-state index in [1.54, 1.807) is 40.4 Å². The Morgan fingerprint density at radius 3 is 2.45 bits per heavy atom. The Kier molecular flexibility index (Phi) is 6.09. The van der Waals surface area contributed by atoms with Crippen LogP contribution in [0.4, 0.5) is 0 Å². The predicted molar refractivity (Wildman–Crippen MR) is 121 cm³/mol. The van der Waals surface area contributed by atoms with E-state index in [-0.39, 0.29) is 5.91 Å². The second-order valence-electron chi connectivity index (χ2n) is 6.49. The van der Waals surface area contributed by atoms with Crippen LogP contribution in [0.2, 0.25) is 0 Å². The normalized spacial score (nSPS) is 10.9. The third-order valence-electron chi connectivity index (χ3n) is 4.50. The lowest BCUT2D eigenvalue weighted by Crippen LogP contribution is -2.17. The van der Waals surface area contributed by atoms with Crippen molar-refractivity contribution in [3.8, 4) is 27.8 Å². The zero-order valence-electron chi connectivity index (χ0n) is 17.0. The van der Waals surface area contributed by atoms with Gasteiger partial charge in [0.25, 0.3) is 5.91 Å². The Morgan fingerprint density at radius 1 is 1.06 bits per heavy atom. The van der Waals surface area contributed by atoms with Crippen molar-refractivity contribution in [2.75, 3.05) is 14.2 Å². The summed E-state index contributed by atoms with van der Waals surface area (Å²) >= 11 is 1.59. The molecule has 0 aliphatic rings. The van der Waals surface area contributed by atoms with Crippen LogP contribution in [-0.4, -0.2) is 36.1 Å². The summed E-state index contributed by atoms with van der Waals surface area (Å²) in [5.74, 6) is 0.678. The molecule has 0 aliphatic heterocycles. The van der Waals surface area contributed by atoms with Gasteiger partial charge in [0.1, 0.15) is 17.2 Å². The van der Waals surface area contributed by atoms with E-state index in [0.29, 0.717) is 17.1 Å². The maximum Gasteiger partial charge on any atom is 0.271 e. The summed E-state index contributed by atoms with van der Waals surface area (Å²) in [7, 11) is 3.07. The van der Waals surface area contributed by atoms with Crippen molar-refractivity contribution >= 4 is 23.5 Å². The first kappa shape index (κ1) is 20.4. The van der Waals surface area contributed by atoms with Gasteiger partial charge in [0.05, 0.1) is 31.0 Å².